The SMILES string of the molecule is COc1cccc2c(C[C@H](N)C(=O)O)cn(C)c12. The Hall–Kier alpha value is -2.01. The van der Waals surface area contributed by atoms with Gasteiger partial charge in [0.05, 0.1) is 12.6 Å². The minimum atomic E-state index is -0.991. The number of nitrogens with zero attached hydrogens (tertiary/aromatic N) is 1. The van der Waals surface area contributed by atoms with E-state index in [1.165, 1.54) is 0 Å². The fraction of sp³-hybridized carbons (Fsp3) is 0.308. The summed E-state index contributed by atoms with van der Waals surface area (Å²) < 4.78 is 7.23. The standard InChI is InChI=1S/C13H16N2O3/c1-15-7-8(6-10(14)13(16)17)9-4-3-5-11(18-2)12(9)15/h3-5,7,10H,6,14H2,1-2H3,(H,16,17)/t10-/m0/s1. The van der Waals surface area contributed by atoms with Gasteiger partial charge >= 0.3 is 5.97 Å². The number of fused-ring (bicyclic) bond motifs is 1. The van der Waals surface area contributed by atoms with E-state index >= 15 is 0 Å². The molecule has 18 heavy (non-hydrogen) atoms. The second-order valence-electron chi connectivity index (χ2n) is 4.27. The highest BCUT2D eigenvalue weighted by molar-refractivity contribution is 5.89. The number of benzene rings is 1. The van der Waals surface area contributed by atoms with Gasteiger partial charge in [-0.15, -0.1) is 0 Å². The molecular formula is C13H16N2O3. The van der Waals surface area contributed by atoms with Crippen molar-refractivity contribution in [2.75, 3.05) is 7.11 Å². The molecule has 2 aromatic rings. The number of hydrogen-bond donors (Lipinski definition) is 2. The third kappa shape index (κ3) is 2.04. The first-order valence-corrected chi connectivity index (χ1v) is 5.64. The van der Waals surface area contributed by atoms with Crippen molar-refractivity contribution in [2.45, 2.75) is 12.5 Å². The van der Waals surface area contributed by atoms with Crippen molar-refractivity contribution in [3.05, 3.63) is 30.0 Å². The van der Waals surface area contributed by atoms with Gasteiger partial charge in [-0.1, -0.05) is 12.1 Å². The number of hydrogen-bond acceptors (Lipinski definition) is 3. The maximum absolute atomic E-state index is 10.8. The summed E-state index contributed by atoms with van der Waals surface area (Å²) >= 11 is 0. The highest BCUT2D eigenvalue weighted by atomic mass is 16.5. The van der Waals surface area contributed by atoms with Gasteiger partial charge in [-0.25, -0.2) is 0 Å². The predicted octanol–water partition coefficient (Wildman–Crippen LogP) is 1.14. The van der Waals surface area contributed by atoms with E-state index in [-0.39, 0.29) is 0 Å². The lowest BCUT2D eigenvalue weighted by molar-refractivity contribution is -0.138. The van der Waals surface area contributed by atoms with Crippen LogP contribution in [0.4, 0.5) is 0 Å². The van der Waals surface area contributed by atoms with Crippen LogP contribution in [0.5, 0.6) is 5.75 Å². The van der Waals surface area contributed by atoms with E-state index in [0.29, 0.717) is 6.42 Å². The molecule has 1 aromatic carbocycles. The molecule has 0 aliphatic carbocycles. The van der Waals surface area contributed by atoms with Crippen molar-refractivity contribution in [1.29, 1.82) is 0 Å². The molecule has 2 rings (SSSR count). The van der Waals surface area contributed by atoms with Crippen LogP contribution in [0.15, 0.2) is 24.4 Å². The van der Waals surface area contributed by atoms with Gasteiger partial charge in [0.15, 0.2) is 0 Å². The number of aryl methyl sites for hydroxylation is 1. The van der Waals surface area contributed by atoms with Crippen LogP contribution in [0.2, 0.25) is 0 Å². The van der Waals surface area contributed by atoms with E-state index in [1.807, 2.05) is 36.0 Å². The lowest BCUT2D eigenvalue weighted by Gasteiger charge is -2.06. The Morgan fingerprint density at radius 1 is 1.56 bits per heavy atom. The number of carbonyl (C=O) groups is 1. The number of para-hydroxylation sites is 1. The van der Waals surface area contributed by atoms with Crippen molar-refractivity contribution in [3.8, 4) is 5.75 Å². The molecule has 0 aliphatic heterocycles. The molecule has 1 atom stereocenters. The minimum absolute atomic E-state index is 0.305. The minimum Gasteiger partial charge on any atom is -0.495 e. The van der Waals surface area contributed by atoms with Crippen molar-refractivity contribution >= 4 is 16.9 Å². The van der Waals surface area contributed by atoms with E-state index in [9.17, 15) is 4.79 Å². The molecule has 0 radical (unpaired) electrons. The van der Waals surface area contributed by atoms with Crippen molar-refractivity contribution in [1.82, 2.24) is 4.57 Å². The van der Waals surface area contributed by atoms with Crippen LogP contribution < -0.4 is 10.5 Å². The maximum atomic E-state index is 10.8. The zero-order chi connectivity index (χ0) is 13.3. The Bertz CT molecular complexity index is 589. The van der Waals surface area contributed by atoms with Crippen molar-refractivity contribution in [2.24, 2.45) is 12.8 Å². The molecule has 0 fully saturated rings. The van der Waals surface area contributed by atoms with Crippen LogP contribution in [0.25, 0.3) is 10.9 Å². The Morgan fingerprint density at radius 3 is 2.89 bits per heavy atom. The first-order chi connectivity index (χ1) is 8.54. The Kier molecular flexibility index (Phi) is 3.25. The molecule has 0 unspecified atom stereocenters. The lowest BCUT2D eigenvalue weighted by atomic mass is 10.1. The van der Waals surface area contributed by atoms with Crippen LogP contribution in [-0.4, -0.2) is 28.8 Å². The number of rotatable bonds is 4. The molecule has 0 saturated carbocycles. The highest BCUT2D eigenvalue weighted by Gasteiger charge is 2.17. The summed E-state index contributed by atoms with van der Waals surface area (Å²) in [5, 5.41) is 9.85. The van der Waals surface area contributed by atoms with E-state index in [2.05, 4.69) is 0 Å². The zero-order valence-corrected chi connectivity index (χ0v) is 10.4. The Morgan fingerprint density at radius 2 is 2.28 bits per heavy atom. The van der Waals surface area contributed by atoms with E-state index in [4.69, 9.17) is 15.6 Å². The normalized spacial score (nSPS) is 12.6. The van der Waals surface area contributed by atoms with Gasteiger partial charge in [0.25, 0.3) is 0 Å². The number of methoxy groups -OCH3 is 1. The summed E-state index contributed by atoms with van der Waals surface area (Å²) in [6, 6.07) is 4.82. The number of carboxylic acids is 1. The fourth-order valence-electron chi connectivity index (χ4n) is 2.16. The lowest BCUT2D eigenvalue weighted by Crippen LogP contribution is -2.32. The summed E-state index contributed by atoms with van der Waals surface area (Å²) in [6.07, 6.45) is 2.20. The average molecular weight is 248 g/mol. The van der Waals surface area contributed by atoms with Gasteiger partial charge in [0, 0.05) is 25.1 Å². The Balaban J connectivity index is 2.50. The number of aromatic nitrogens is 1. The first-order valence-electron chi connectivity index (χ1n) is 5.64. The van der Waals surface area contributed by atoms with Crippen LogP contribution in [0.1, 0.15) is 5.56 Å². The highest BCUT2D eigenvalue weighted by Crippen LogP contribution is 2.29. The average Bonchev–Trinajstić information content (AvgIpc) is 2.66. The van der Waals surface area contributed by atoms with E-state index in [0.717, 1.165) is 22.2 Å². The topological polar surface area (TPSA) is 77.5 Å². The quantitative estimate of drug-likeness (QED) is 0.850. The van der Waals surface area contributed by atoms with Gasteiger partial charge < -0.3 is 20.1 Å². The number of carboxylic acid groups (broad SMARTS) is 1. The molecule has 0 aliphatic rings. The zero-order valence-electron chi connectivity index (χ0n) is 10.4. The van der Waals surface area contributed by atoms with Crippen LogP contribution in [0.3, 0.4) is 0 Å². The third-order valence-corrected chi connectivity index (χ3v) is 3.02. The summed E-state index contributed by atoms with van der Waals surface area (Å²) in [5.41, 5.74) is 7.45. The summed E-state index contributed by atoms with van der Waals surface area (Å²) in [7, 11) is 3.52. The second kappa shape index (κ2) is 4.70. The molecule has 0 bridgehead atoms. The van der Waals surface area contributed by atoms with Crippen LogP contribution in [0, 0.1) is 0 Å². The number of aliphatic carboxylic acids is 1. The molecule has 96 valence electrons. The van der Waals surface area contributed by atoms with Gasteiger partial charge in [0.2, 0.25) is 0 Å². The van der Waals surface area contributed by atoms with Gasteiger partial charge in [-0.3, -0.25) is 4.79 Å². The van der Waals surface area contributed by atoms with Gasteiger partial charge in [0.1, 0.15) is 11.8 Å². The molecule has 5 nitrogen and oxygen atoms in total. The number of ether oxygens (including phenoxy) is 1. The fourth-order valence-corrected chi connectivity index (χ4v) is 2.16. The van der Waals surface area contributed by atoms with Gasteiger partial charge in [-0.05, 0) is 11.6 Å². The second-order valence-corrected chi connectivity index (χ2v) is 4.27. The smallest absolute Gasteiger partial charge is 0.320 e. The van der Waals surface area contributed by atoms with E-state index < -0.39 is 12.0 Å². The molecular weight excluding hydrogens is 232 g/mol. The maximum Gasteiger partial charge on any atom is 0.320 e. The van der Waals surface area contributed by atoms with E-state index in [1.54, 1.807) is 7.11 Å². The van der Waals surface area contributed by atoms with Crippen LogP contribution >= 0.6 is 0 Å². The predicted molar refractivity (Wildman–Crippen MR) is 68.8 cm³/mol. The molecule has 0 amide bonds. The summed E-state index contributed by atoms with van der Waals surface area (Å²) in [6.45, 7) is 0. The summed E-state index contributed by atoms with van der Waals surface area (Å²) in [5.74, 6) is -0.222. The molecule has 0 spiro atoms. The monoisotopic (exact) mass is 248 g/mol. The Labute approximate surface area is 105 Å². The largest absolute Gasteiger partial charge is 0.495 e. The third-order valence-electron chi connectivity index (χ3n) is 3.02. The summed E-state index contributed by atoms with van der Waals surface area (Å²) in [4.78, 5) is 10.8. The molecule has 5 heteroatoms. The molecule has 3 N–H and O–H groups in total. The first kappa shape index (κ1) is 12.4. The van der Waals surface area contributed by atoms with Gasteiger partial charge in [-0.2, -0.15) is 0 Å². The van der Waals surface area contributed by atoms with Crippen LogP contribution in [-0.2, 0) is 18.3 Å². The molecule has 0 saturated heterocycles. The molecule has 1 heterocycles. The van der Waals surface area contributed by atoms with Crippen molar-refractivity contribution in [3.63, 3.8) is 0 Å². The molecule has 1 aromatic heterocycles. The van der Waals surface area contributed by atoms with Crippen molar-refractivity contribution < 1.29 is 14.6 Å². The number of nitrogens with two attached hydrogens (primary N) is 1.